The Morgan fingerprint density at radius 1 is 0.944 bits per heavy atom. The Morgan fingerprint density at radius 3 is 2.53 bits per heavy atom. The van der Waals surface area contributed by atoms with Crippen LogP contribution >= 0.6 is 0 Å². The van der Waals surface area contributed by atoms with Crippen molar-refractivity contribution in [3.63, 3.8) is 0 Å². The maximum atomic E-state index is 4.92. The lowest BCUT2D eigenvalue weighted by atomic mass is 10.0. The van der Waals surface area contributed by atoms with Gasteiger partial charge in [0.1, 0.15) is 5.82 Å². The van der Waals surface area contributed by atoms with Crippen LogP contribution in [0.25, 0.3) is 10.9 Å². The number of rotatable bonds is 9. The number of para-hydroxylation sites is 1. The molecule has 4 aromatic rings. The molecule has 0 aliphatic carbocycles. The molecule has 2 aromatic carbocycles. The molecule has 186 valence electrons. The van der Waals surface area contributed by atoms with E-state index in [4.69, 9.17) is 4.98 Å². The van der Waals surface area contributed by atoms with Gasteiger partial charge in [0.2, 0.25) is 5.95 Å². The first-order chi connectivity index (χ1) is 17.7. The van der Waals surface area contributed by atoms with Crippen molar-refractivity contribution in [2.45, 2.75) is 45.6 Å². The van der Waals surface area contributed by atoms with E-state index in [0.29, 0.717) is 12.0 Å². The van der Waals surface area contributed by atoms with Gasteiger partial charge in [0.15, 0.2) is 0 Å². The zero-order valence-electron chi connectivity index (χ0n) is 21.2. The molecule has 0 unspecified atom stereocenters. The van der Waals surface area contributed by atoms with Crippen LogP contribution in [0.3, 0.4) is 0 Å². The number of benzene rings is 2. The number of anilines is 5. The van der Waals surface area contributed by atoms with Gasteiger partial charge in [0.25, 0.3) is 0 Å². The largest absolute Gasteiger partial charge is 0.371 e. The molecule has 0 bridgehead atoms. The van der Waals surface area contributed by atoms with Gasteiger partial charge in [-0.15, -0.1) is 0 Å². The van der Waals surface area contributed by atoms with E-state index in [1.807, 2.05) is 12.1 Å². The van der Waals surface area contributed by atoms with E-state index in [0.717, 1.165) is 47.9 Å². The second-order valence-corrected chi connectivity index (χ2v) is 9.46. The molecule has 1 fully saturated rings. The predicted octanol–water partition coefficient (Wildman–Crippen LogP) is 6.18. The lowest BCUT2D eigenvalue weighted by Gasteiger charge is -2.35. The molecule has 7 nitrogen and oxygen atoms in total. The molecule has 3 N–H and O–H groups in total. The number of hydrogen-bond acceptors (Lipinski definition) is 7. The molecule has 0 saturated carbocycles. The molecule has 3 heterocycles. The van der Waals surface area contributed by atoms with E-state index >= 15 is 0 Å². The topological polar surface area (TPSA) is 78.0 Å². The third-order valence-corrected chi connectivity index (χ3v) is 6.80. The molecular formula is C29H35N7. The smallest absolute Gasteiger partial charge is 0.227 e. The fourth-order valence-electron chi connectivity index (χ4n) is 4.80. The summed E-state index contributed by atoms with van der Waals surface area (Å²) in [6, 6.07) is 19.3. The van der Waals surface area contributed by atoms with Gasteiger partial charge < -0.3 is 20.9 Å². The average molecular weight is 482 g/mol. The van der Waals surface area contributed by atoms with E-state index in [1.165, 1.54) is 36.8 Å². The molecule has 1 saturated heterocycles. The Morgan fingerprint density at radius 2 is 1.75 bits per heavy atom. The first-order valence-electron chi connectivity index (χ1n) is 13.0. The SMILES string of the molecule is CCCCNC1CCN(c2cc(Nc3ccc(Nc4ncccn4)c(C)c3)nc3ccccc23)CC1. The van der Waals surface area contributed by atoms with E-state index in [-0.39, 0.29) is 0 Å². The summed E-state index contributed by atoms with van der Waals surface area (Å²) in [6.07, 6.45) is 8.29. The number of nitrogens with zero attached hydrogens (tertiary/aromatic N) is 4. The Hall–Kier alpha value is -3.71. The summed E-state index contributed by atoms with van der Waals surface area (Å²) < 4.78 is 0. The minimum absolute atomic E-state index is 0.589. The summed E-state index contributed by atoms with van der Waals surface area (Å²) in [5, 5.41) is 11.8. The van der Waals surface area contributed by atoms with Crippen molar-refractivity contribution in [1.82, 2.24) is 20.3 Å². The average Bonchev–Trinajstić information content (AvgIpc) is 2.91. The van der Waals surface area contributed by atoms with Crippen molar-refractivity contribution in [2.75, 3.05) is 35.2 Å². The standard InChI is InChI=1S/C29H35N7/c1-3-4-14-30-22-12-17-36(18-13-22)27-20-28(34-26-9-6-5-8-24(26)27)33-23-10-11-25(21(2)19-23)35-29-31-15-7-16-32-29/h5-11,15-16,19-20,22,30H,3-4,12-14,17-18H2,1-2H3,(H,33,34)(H,31,32,35). The van der Waals surface area contributed by atoms with Crippen molar-refractivity contribution >= 4 is 39.7 Å². The summed E-state index contributed by atoms with van der Waals surface area (Å²) in [6.45, 7) is 7.56. The zero-order chi connectivity index (χ0) is 24.7. The van der Waals surface area contributed by atoms with Crippen molar-refractivity contribution in [3.05, 3.63) is 72.6 Å². The third-order valence-electron chi connectivity index (χ3n) is 6.80. The quantitative estimate of drug-likeness (QED) is 0.246. The second-order valence-electron chi connectivity index (χ2n) is 9.46. The van der Waals surface area contributed by atoms with E-state index < -0.39 is 0 Å². The normalized spacial score (nSPS) is 14.2. The highest BCUT2D eigenvalue weighted by Crippen LogP contribution is 2.32. The highest BCUT2D eigenvalue weighted by atomic mass is 15.2. The van der Waals surface area contributed by atoms with Crippen molar-refractivity contribution in [3.8, 4) is 0 Å². The van der Waals surface area contributed by atoms with E-state index in [1.54, 1.807) is 12.4 Å². The lowest BCUT2D eigenvalue weighted by molar-refractivity contribution is 0.412. The molecule has 36 heavy (non-hydrogen) atoms. The fraction of sp³-hybridized carbons (Fsp3) is 0.345. The summed E-state index contributed by atoms with van der Waals surface area (Å²) in [4.78, 5) is 16.0. The van der Waals surface area contributed by atoms with Gasteiger partial charge in [-0.25, -0.2) is 15.0 Å². The van der Waals surface area contributed by atoms with Crippen LogP contribution in [0, 0.1) is 6.92 Å². The van der Waals surface area contributed by atoms with Gasteiger partial charge in [-0.05, 0) is 68.6 Å². The van der Waals surface area contributed by atoms with Gasteiger partial charge in [0.05, 0.1) is 5.52 Å². The Bertz CT molecular complexity index is 1280. The molecular weight excluding hydrogens is 446 g/mol. The number of unbranched alkanes of at least 4 members (excludes halogenated alkanes) is 1. The number of fused-ring (bicyclic) bond motifs is 1. The molecule has 0 radical (unpaired) electrons. The number of hydrogen-bond donors (Lipinski definition) is 3. The summed E-state index contributed by atoms with van der Waals surface area (Å²) in [5.41, 5.74) is 5.35. The monoisotopic (exact) mass is 481 g/mol. The first kappa shape index (κ1) is 24.0. The van der Waals surface area contributed by atoms with Crippen molar-refractivity contribution in [2.24, 2.45) is 0 Å². The zero-order valence-corrected chi connectivity index (χ0v) is 21.2. The number of pyridine rings is 1. The second kappa shape index (κ2) is 11.4. The van der Waals surface area contributed by atoms with E-state index in [9.17, 15) is 0 Å². The lowest BCUT2D eigenvalue weighted by Crippen LogP contribution is -2.42. The van der Waals surface area contributed by atoms with Crippen LogP contribution in [0.1, 0.15) is 38.2 Å². The van der Waals surface area contributed by atoms with Crippen molar-refractivity contribution in [1.29, 1.82) is 0 Å². The number of piperidine rings is 1. The molecule has 5 rings (SSSR count). The maximum Gasteiger partial charge on any atom is 0.227 e. The molecule has 7 heteroatoms. The van der Waals surface area contributed by atoms with Gasteiger partial charge in [0, 0.05) is 60.0 Å². The van der Waals surface area contributed by atoms with Crippen LogP contribution < -0.4 is 20.9 Å². The minimum atomic E-state index is 0.589. The number of nitrogens with one attached hydrogen (secondary N) is 3. The van der Waals surface area contributed by atoms with Crippen molar-refractivity contribution < 1.29 is 0 Å². The van der Waals surface area contributed by atoms with Crippen LogP contribution in [-0.4, -0.2) is 40.6 Å². The maximum absolute atomic E-state index is 4.92. The number of aryl methyl sites for hydroxylation is 1. The summed E-state index contributed by atoms with van der Waals surface area (Å²) >= 11 is 0. The fourth-order valence-corrected chi connectivity index (χ4v) is 4.80. The molecule has 2 aromatic heterocycles. The van der Waals surface area contributed by atoms with Gasteiger partial charge in [-0.2, -0.15) is 0 Å². The Kier molecular flexibility index (Phi) is 7.57. The Balaban J connectivity index is 1.33. The summed E-state index contributed by atoms with van der Waals surface area (Å²) in [5.74, 6) is 1.45. The van der Waals surface area contributed by atoms with Crippen LogP contribution in [-0.2, 0) is 0 Å². The van der Waals surface area contributed by atoms with Crippen LogP contribution in [0.2, 0.25) is 0 Å². The third kappa shape index (κ3) is 5.74. The Labute approximate surface area is 213 Å². The molecule has 0 spiro atoms. The minimum Gasteiger partial charge on any atom is -0.371 e. The molecule has 1 aliphatic rings. The first-order valence-corrected chi connectivity index (χ1v) is 13.0. The van der Waals surface area contributed by atoms with Crippen LogP contribution in [0.4, 0.5) is 28.8 Å². The van der Waals surface area contributed by atoms with Gasteiger partial charge in [-0.1, -0.05) is 31.5 Å². The summed E-state index contributed by atoms with van der Waals surface area (Å²) in [7, 11) is 0. The van der Waals surface area contributed by atoms with E-state index in [2.05, 4.69) is 87.1 Å². The predicted molar refractivity (Wildman–Crippen MR) is 150 cm³/mol. The highest BCUT2D eigenvalue weighted by Gasteiger charge is 2.21. The highest BCUT2D eigenvalue weighted by molar-refractivity contribution is 5.94. The number of aromatic nitrogens is 3. The van der Waals surface area contributed by atoms with Crippen LogP contribution in [0.5, 0.6) is 0 Å². The molecule has 0 amide bonds. The molecule has 0 atom stereocenters. The van der Waals surface area contributed by atoms with Gasteiger partial charge in [-0.3, -0.25) is 0 Å². The molecule has 1 aliphatic heterocycles. The van der Waals surface area contributed by atoms with Crippen LogP contribution in [0.15, 0.2) is 67.0 Å². The van der Waals surface area contributed by atoms with Gasteiger partial charge >= 0.3 is 0 Å².